The Morgan fingerprint density at radius 1 is 0.719 bits per heavy atom. The lowest BCUT2D eigenvalue weighted by Crippen LogP contribution is -2.52. The molecule has 168 valence electrons. The minimum atomic E-state index is -0.235. The van der Waals surface area contributed by atoms with Gasteiger partial charge in [-0.25, -0.2) is 4.79 Å². The van der Waals surface area contributed by atoms with Gasteiger partial charge >= 0.3 is 6.03 Å². The zero-order valence-electron chi connectivity index (χ0n) is 18.6. The molecule has 6 nitrogen and oxygen atoms in total. The van der Waals surface area contributed by atoms with E-state index in [2.05, 4.69) is 15.5 Å². The number of carbonyl (C=O) groups excluding carboxylic acids is 2. The molecule has 3 amide bonds. The van der Waals surface area contributed by atoms with Crippen molar-refractivity contribution < 1.29 is 9.59 Å². The third kappa shape index (κ3) is 5.81. The van der Waals surface area contributed by atoms with E-state index in [4.69, 9.17) is 0 Å². The average Bonchev–Trinajstić information content (AvgIpc) is 2.85. The smallest absolute Gasteiger partial charge is 0.324 e. The number of amides is 3. The van der Waals surface area contributed by atoms with Gasteiger partial charge < -0.3 is 5.32 Å². The van der Waals surface area contributed by atoms with Crippen LogP contribution in [0.1, 0.15) is 74.6 Å². The van der Waals surface area contributed by atoms with E-state index in [-0.39, 0.29) is 24.0 Å². The van der Waals surface area contributed by atoms with E-state index in [9.17, 15) is 9.59 Å². The molecular weight excluding hydrogens is 400 g/mol. The van der Waals surface area contributed by atoms with E-state index < -0.39 is 0 Å². The van der Waals surface area contributed by atoms with Crippen molar-refractivity contribution in [3.8, 4) is 0 Å². The van der Waals surface area contributed by atoms with Crippen LogP contribution in [-0.4, -0.2) is 28.9 Å². The van der Waals surface area contributed by atoms with Crippen molar-refractivity contribution in [2.75, 3.05) is 0 Å². The summed E-state index contributed by atoms with van der Waals surface area (Å²) in [5, 5.41) is 11.6. The fraction of sp³-hybridized carbons (Fsp3) is 0.462. The number of hydrogen-bond acceptors (Lipinski definition) is 4. The number of benzene rings is 2. The van der Waals surface area contributed by atoms with Crippen molar-refractivity contribution in [2.45, 2.75) is 76.3 Å². The minimum absolute atomic E-state index is 0.0303. The van der Waals surface area contributed by atoms with Crippen molar-refractivity contribution in [3.63, 3.8) is 0 Å². The van der Waals surface area contributed by atoms with Crippen LogP contribution in [0, 0.1) is 0 Å². The van der Waals surface area contributed by atoms with Crippen LogP contribution in [0.15, 0.2) is 64.8 Å². The molecular formula is C26H32N4O2. The monoisotopic (exact) mass is 432 g/mol. The first-order chi connectivity index (χ1) is 15.7. The maximum atomic E-state index is 13.4. The van der Waals surface area contributed by atoms with Crippen LogP contribution in [-0.2, 0) is 0 Å². The summed E-state index contributed by atoms with van der Waals surface area (Å²) < 4.78 is 0. The number of hydrogen-bond donors (Lipinski definition) is 1. The first kappa shape index (κ1) is 22.2. The van der Waals surface area contributed by atoms with Crippen LogP contribution < -0.4 is 5.32 Å². The molecule has 2 aromatic carbocycles. The molecule has 0 heterocycles. The van der Waals surface area contributed by atoms with E-state index >= 15 is 0 Å². The standard InChI is InChI=1S/C26H32N4O2/c31-25(20-16-18-23(19-17-20)29-28-22-12-6-2-7-13-22)30(24-14-8-3-9-15-24)26(32)27-21-10-4-1-5-11-21/h2,6-7,12-13,16-19,21,24H,1,3-5,8-11,14-15H2,(H,27,32). The number of rotatable bonds is 5. The Hall–Kier alpha value is -3.02. The van der Waals surface area contributed by atoms with Gasteiger partial charge in [0.2, 0.25) is 0 Å². The lowest BCUT2D eigenvalue weighted by atomic mass is 9.93. The van der Waals surface area contributed by atoms with Crippen molar-refractivity contribution in [1.29, 1.82) is 0 Å². The summed E-state index contributed by atoms with van der Waals surface area (Å²) in [5.41, 5.74) is 1.95. The van der Waals surface area contributed by atoms with Gasteiger partial charge in [0.1, 0.15) is 0 Å². The predicted molar refractivity (Wildman–Crippen MR) is 126 cm³/mol. The Bertz CT molecular complexity index is 915. The van der Waals surface area contributed by atoms with Gasteiger partial charge in [-0.1, -0.05) is 56.7 Å². The van der Waals surface area contributed by atoms with Crippen LogP contribution >= 0.6 is 0 Å². The summed E-state index contributed by atoms with van der Waals surface area (Å²) in [6, 6.07) is 16.5. The quantitative estimate of drug-likeness (QED) is 0.521. The zero-order valence-corrected chi connectivity index (χ0v) is 18.6. The van der Waals surface area contributed by atoms with E-state index in [0.29, 0.717) is 11.3 Å². The fourth-order valence-electron chi connectivity index (χ4n) is 4.67. The van der Waals surface area contributed by atoms with Crippen molar-refractivity contribution in [1.82, 2.24) is 10.2 Å². The summed E-state index contributed by atoms with van der Waals surface area (Å²) in [7, 11) is 0. The molecule has 0 aliphatic heterocycles. The van der Waals surface area contributed by atoms with Crippen molar-refractivity contribution in [3.05, 3.63) is 60.2 Å². The molecule has 2 aliphatic carbocycles. The van der Waals surface area contributed by atoms with E-state index in [0.717, 1.165) is 57.1 Å². The molecule has 0 saturated heterocycles. The maximum Gasteiger partial charge on any atom is 0.324 e. The second-order valence-corrected chi connectivity index (χ2v) is 8.83. The Labute approximate surface area is 190 Å². The number of imide groups is 1. The lowest BCUT2D eigenvalue weighted by Gasteiger charge is -2.34. The molecule has 6 heteroatoms. The van der Waals surface area contributed by atoms with Crippen LogP contribution in [0.2, 0.25) is 0 Å². The van der Waals surface area contributed by atoms with Crippen LogP contribution in [0.4, 0.5) is 16.2 Å². The second kappa shape index (κ2) is 11.0. The summed E-state index contributed by atoms with van der Waals surface area (Å²) in [5.74, 6) is -0.225. The van der Waals surface area contributed by atoms with Gasteiger partial charge in [-0.2, -0.15) is 10.2 Å². The number of urea groups is 1. The number of nitrogens with zero attached hydrogens (tertiary/aromatic N) is 3. The van der Waals surface area contributed by atoms with Crippen molar-refractivity contribution in [2.24, 2.45) is 10.2 Å². The first-order valence-corrected chi connectivity index (χ1v) is 11.9. The Morgan fingerprint density at radius 3 is 1.91 bits per heavy atom. The molecule has 0 bridgehead atoms. The molecule has 1 N–H and O–H groups in total. The second-order valence-electron chi connectivity index (χ2n) is 8.83. The van der Waals surface area contributed by atoms with Gasteiger partial charge in [0.25, 0.3) is 5.91 Å². The maximum absolute atomic E-state index is 13.4. The Morgan fingerprint density at radius 2 is 1.28 bits per heavy atom. The molecule has 0 spiro atoms. The lowest BCUT2D eigenvalue weighted by molar-refractivity contribution is 0.0701. The van der Waals surface area contributed by atoms with Gasteiger partial charge in [-0.3, -0.25) is 9.69 Å². The molecule has 2 aromatic rings. The largest absolute Gasteiger partial charge is 0.335 e. The van der Waals surface area contributed by atoms with Crippen molar-refractivity contribution >= 4 is 23.3 Å². The fourth-order valence-corrected chi connectivity index (χ4v) is 4.67. The molecule has 0 aromatic heterocycles. The SMILES string of the molecule is O=C(NC1CCCCC1)N(C(=O)c1ccc(N=Nc2ccccc2)cc1)C1CCCCC1. The summed E-state index contributed by atoms with van der Waals surface area (Å²) in [6.07, 6.45) is 10.6. The molecule has 0 unspecified atom stereocenters. The van der Waals surface area contributed by atoms with Crippen LogP contribution in [0.3, 0.4) is 0 Å². The van der Waals surface area contributed by atoms with Crippen LogP contribution in [0.25, 0.3) is 0 Å². The molecule has 0 radical (unpaired) electrons. The molecule has 2 fully saturated rings. The molecule has 4 rings (SSSR count). The third-order valence-electron chi connectivity index (χ3n) is 6.46. The van der Waals surface area contributed by atoms with Gasteiger partial charge in [0, 0.05) is 17.6 Å². The first-order valence-electron chi connectivity index (χ1n) is 11.9. The summed E-state index contributed by atoms with van der Waals surface area (Å²) in [4.78, 5) is 28.1. The van der Waals surface area contributed by atoms with Gasteiger partial charge in [0.05, 0.1) is 11.4 Å². The molecule has 32 heavy (non-hydrogen) atoms. The highest BCUT2D eigenvalue weighted by molar-refractivity contribution is 6.04. The van der Waals surface area contributed by atoms with Crippen LogP contribution in [0.5, 0.6) is 0 Å². The molecule has 2 aliphatic rings. The normalized spacial score (nSPS) is 17.9. The molecule has 2 saturated carbocycles. The Kier molecular flexibility index (Phi) is 7.64. The van der Waals surface area contributed by atoms with E-state index in [1.807, 2.05) is 30.3 Å². The average molecular weight is 433 g/mol. The highest BCUT2D eigenvalue weighted by atomic mass is 16.2. The van der Waals surface area contributed by atoms with Gasteiger partial charge in [-0.15, -0.1) is 0 Å². The molecule has 0 atom stereocenters. The number of nitrogens with one attached hydrogen (secondary N) is 1. The van der Waals surface area contributed by atoms with E-state index in [1.165, 1.54) is 17.7 Å². The Balaban J connectivity index is 1.48. The topological polar surface area (TPSA) is 74.1 Å². The third-order valence-corrected chi connectivity index (χ3v) is 6.46. The summed E-state index contributed by atoms with van der Waals surface area (Å²) >= 11 is 0. The zero-order chi connectivity index (χ0) is 22.2. The van der Waals surface area contributed by atoms with Gasteiger partial charge in [-0.05, 0) is 62.1 Å². The minimum Gasteiger partial charge on any atom is -0.335 e. The number of azo groups is 1. The predicted octanol–water partition coefficient (Wildman–Crippen LogP) is 6.92. The summed E-state index contributed by atoms with van der Waals surface area (Å²) in [6.45, 7) is 0. The highest BCUT2D eigenvalue weighted by Gasteiger charge is 2.32. The van der Waals surface area contributed by atoms with E-state index in [1.54, 1.807) is 24.3 Å². The van der Waals surface area contributed by atoms with Gasteiger partial charge in [0.15, 0.2) is 0 Å². The number of carbonyl (C=O) groups is 2. The highest BCUT2D eigenvalue weighted by Crippen LogP contribution is 2.26.